The molecule has 1 aliphatic heterocycles. The molecule has 0 aliphatic carbocycles. The number of aliphatic imine (C=N–C) groups is 1. The van der Waals surface area contributed by atoms with E-state index in [1.165, 1.54) is 32.7 Å². The second kappa shape index (κ2) is 5.99. The van der Waals surface area contributed by atoms with Crippen molar-refractivity contribution in [3.8, 4) is 0 Å². The number of nitrogens with one attached hydrogen (secondary N) is 1. The highest BCUT2D eigenvalue weighted by molar-refractivity contribution is 5.86. The maximum atomic E-state index is 4.91. The topological polar surface area (TPSA) is 24.4 Å². The number of nitrogens with zero attached hydrogens (tertiary/aromatic N) is 1. The summed E-state index contributed by atoms with van der Waals surface area (Å²) in [5.41, 5.74) is 2.54. The van der Waals surface area contributed by atoms with E-state index in [-0.39, 0.29) is 12.1 Å². The molecule has 2 atom stereocenters. The van der Waals surface area contributed by atoms with Crippen molar-refractivity contribution >= 4 is 27.4 Å². The Kier molecular flexibility index (Phi) is 3.49. The van der Waals surface area contributed by atoms with Gasteiger partial charge in [0.2, 0.25) is 0 Å². The van der Waals surface area contributed by atoms with Crippen LogP contribution in [-0.4, -0.2) is 5.84 Å². The van der Waals surface area contributed by atoms with Gasteiger partial charge in [-0.05, 0) is 51.7 Å². The quantitative estimate of drug-likeness (QED) is 0.492. The molecule has 4 aromatic carbocycles. The van der Waals surface area contributed by atoms with Gasteiger partial charge in [-0.15, -0.1) is 0 Å². The van der Waals surface area contributed by atoms with Crippen LogP contribution in [0.1, 0.15) is 30.1 Å². The summed E-state index contributed by atoms with van der Waals surface area (Å²) in [6.45, 7) is 2.05. The van der Waals surface area contributed by atoms with Crippen LogP contribution in [0.3, 0.4) is 0 Å². The summed E-state index contributed by atoms with van der Waals surface area (Å²) in [5, 5.41) is 8.66. The van der Waals surface area contributed by atoms with Crippen molar-refractivity contribution in [2.75, 3.05) is 0 Å². The largest absolute Gasteiger partial charge is 0.365 e. The van der Waals surface area contributed by atoms with Gasteiger partial charge in [0.15, 0.2) is 0 Å². The first-order valence-corrected chi connectivity index (χ1v) is 9.06. The molecule has 0 fully saturated rings. The minimum atomic E-state index is 0.0979. The van der Waals surface area contributed by atoms with Crippen LogP contribution in [0.25, 0.3) is 21.5 Å². The predicted octanol–water partition coefficient (Wildman–Crippen LogP) is 5.80. The van der Waals surface area contributed by atoms with Gasteiger partial charge in [-0.1, -0.05) is 72.8 Å². The summed E-state index contributed by atoms with van der Waals surface area (Å²) in [7, 11) is 0. The molecule has 0 bridgehead atoms. The van der Waals surface area contributed by atoms with Crippen LogP contribution in [0, 0.1) is 0 Å². The zero-order valence-corrected chi connectivity index (χ0v) is 14.7. The van der Waals surface area contributed by atoms with Gasteiger partial charge in [-0.3, -0.25) is 4.99 Å². The molecule has 5 rings (SSSR count). The third kappa shape index (κ3) is 2.55. The van der Waals surface area contributed by atoms with Crippen molar-refractivity contribution in [1.82, 2.24) is 5.32 Å². The molecule has 1 heterocycles. The third-order valence-corrected chi connectivity index (χ3v) is 5.26. The standard InChI is InChI=1S/C24H20N2/c1-16-25-23(21-12-10-17-6-2-4-8-19(17)14-21)24(26-16)22-13-11-18-7-3-5-9-20(18)15-22/h2-15,23-24H,1H3,(H,25,26). The first-order valence-electron chi connectivity index (χ1n) is 9.06. The lowest BCUT2D eigenvalue weighted by atomic mass is 9.92. The number of hydrogen-bond acceptors (Lipinski definition) is 2. The highest BCUT2D eigenvalue weighted by Gasteiger charge is 2.29. The number of amidine groups is 1. The second-order valence-electron chi connectivity index (χ2n) is 6.99. The van der Waals surface area contributed by atoms with Crippen LogP contribution in [0.15, 0.2) is 89.9 Å². The summed E-state index contributed by atoms with van der Waals surface area (Å²) in [6, 6.07) is 30.7. The lowest BCUT2D eigenvalue weighted by Crippen LogP contribution is -2.22. The molecular weight excluding hydrogens is 316 g/mol. The number of rotatable bonds is 2. The first kappa shape index (κ1) is 15.2. The maximum Gasteiger partial charge on any atom is 0.101 e. The fourth-order valence-corrected chi connectivity index (χ4v) is 3.95. The highest BCUT2D eigenvalue weighted by atomic mass is 15.1. The van der Waals surface area contributed by atoms with Crippen molar-refractivity contribution in [2.45, 2.75) is 19.0 Å². The zero-order valence-electron chi connectivity index (χ0n) is 14.7. The van der Waals surface area contributed by atoms with Crippen molar-refractivity contribution < 1.29 is 0 Å². The number of hydrogen-bond donors (Lipinski definition) is 1. The van der Waals surface area contributed by atoms with Crippen molar-refractivity contribution in [1.29, 1.82) is 0 Å². The lowest BCUT2D eigenvalue weighted by molar-refractivity contribution is 0.573. The van der Waals surface area contributed by atoms with Crippen LogP contribution in [0.5, 0.6) is 0 Å². The summed E-state index contributed by atoms with van der Waals surface area (Å²) >= 11 is 0. The Balaban J connectivity index is 1.58. The van der Waals surface area contributed by atoms with Gasteiger partial charge in [0.25, 0.3) is 0 Å². The molecule has 0 spiro atoms. The molecule has 0 saturated heterocycles. The number of fused-ring (bicyclic) bond motifs is 2. The molecule has 1 aliphatic rings. The zero-order chi connectivity index (χ0) is 17.5. The van der Waals surface area contributed by atoms with Crippen LogP contribution in [-0.2, 0) is 0 Å². The molecule has 26 heavy (non-hydrogen) atoms. The fraction of sp³-hybridized carbons (Fsp3) is 0.125. The first-order chi connectivity index (χ1) is 12.8. The Morgan fingerprint density at radius 3 is 1.85 bits per heavy atom. The Morgan fingerprint density at radius 1 is 0.654 bits per heavy atom. The molecule has 0 aromatic heterocycles. The van der Waals surface area contributed by atoms with Crippen LogP contribution in [0.2, 0.25) is 0 Å². The van der Waals surface area contributed by atoms with Gasteiger partial charge in [0, 0.05) is 0 Å². The van der Waals surface area contributed by atoms with E-state index < -0.39 is 0 Å². The van der Waals surface area contributed by atoms with E-state index in [0.29, 0.717) is 0 Å². The Morgan fingerprint density at radius 2 is 1.19 bits per heavy atom. The number of benzene rings is 4. The second-order valence-corrected chi connectivity index (χ2v) is 6.99. The molecule has 4 aromatic rings. The summed E-state index contributed by atoms with van der Waals surface area (Å²) in [4.78, 5) is 4.91. The SMILES string of the molecule is CC1=NC(c2ccc3ccccc3c2)C(c2ccc3ccccc3c2)N1. The molecule has 126 valence electrons. The van der Waals surface area contributed by atoms with Crippen LogP contribution >= 0.6 is 0 Å². The third-order valence-electron chi connectivity index (χ3n) is 5.26. The molecule has 0 radical (unpaired) electrons. The van der Waals surface area contributed by atoms with Gasteiger partial charge in [0.05, 0.1) is 11.9 Å². The van der Waals surface area contributed by atoms with E-state index in [0.717, 1.165) is 5.84 Å². The average Bonchev–Trinajstić information content (AvgIpc) is 3.09. The van der Waals surface area contributed by atoms with E-state index in [2.05, 4.69) is 97.2 Å². The fourth-order valence-electron chi connectivity index (χ4n) is 3.95. The molecular formula is C24H20N2. The lowest BCUT2D eigenvalue weighted by Gasteiger charge is -2.20. The van der Waals surface area contributed by atoms with Gasteiger partial charge in [-0.2, -0.15) is 0 Å². The normalized spacial score (nSPS) is 19.5. The van der Waals surface area contributed by atoms with E-state index in [9.17, 15) is 0 Å². The Labute approximate surface area is 153 Å². The average molecular weight is 336 g/mol. The molecule has 0 saturated carbocycles. The monoisotopic (exact) mass is 336 g/mol. The Bertz CT molecular complexity index is 1140. The minimum Gasteiger partial charge on any atom is -0.365 e. The smallest absolute Gasteiger partial charge is 0.101 e. The van der Waals surface area contributed by atoms with Crippen LogP contribution in [0.4, 0.5) is 0 Å². The van der Waals surface area contributed by atoms with Gasteiger partial charge >= 0.3 is 0 Å². The van der Waals surface area contributed by atoms with Gasteiger partial charge < -0.3 is 5.32 Å². The van der Waals surface area contributed by atoms with E-state index in [1.54, 1.807) is 0 Å². The summed E-state index contributed by atoms with van der Waals surface area (Å²) in [5.74, 6) is 1.00. The minimum absolute atomic E-state index is 0.0979. The molecule has 2 unspecified atom stereocenters. The van der Waals surface area contributed by atoms with Crippen LogP contribution < -0.4 is 5.32 Å². The van der Waals surface area contributed by atoms with Gasteiger partial charge in [0.1, 0.15) is 6.04 Å². The Hall–Kier alpha value is -3.13. The van der Waals surface area contributed by atoms with Crippen molar-refractivity contribution in [3.63, 3.8) is 0 Å². The van der Waals surface area contributed by atoms with Gasteiger partial charge in [-0.25, -0.2) is 0 Å². The highest BCUT2D eigenvalue weighted by Crippen LogP contribution is 2.38. The van der Waals surface area contributed by atoms with E-state index in [4.69, 9.17) is 4.99 Å². The van der Waals surface area contributed by atoms with E-state index in [1.807, 2.05) is 0 Å². The predicted molar refractivity (Wildman–Crippen MR) is 110 cm³/mol. The summed E-state index contributed by atoms with van der Waals surface area (Å²) in [6.07, 6.45) is 0. The molecule has 1 N–H and O–H groups in total. The van der Waals surface area contributed by atoms with Crippen molar-refractivity contribution in [2.24, 2.45) is 4.99 Å². The van der Waals surface area contributed by atoms with Crippen molar-refractivity contribution in [3.05, 3.63) is 96.1 Å². The molecule has 2 heteroatoms. The maximum absolute atomic E-state index is 4.91. The molecule has 2 nitrogen and oxygen atoms in total. The van der Waals surface area contributed by atoms with E-state index >= 15 is 0 Å². The summed E-state index contributed by atoms with van der Waals surface area (Å²) < 4.78 is 0. The molecule has 0 amide bonds.